The molecule has 3 atom stereocenters. The van der Waals surface area contributed by atoms with Gasteiger partial charge in [-0.05, 0) is 50.9 Å². The minimum Gasteiger partial charge on any atom is -0.0769 e. The van der Waals surface area contributed by atoms with Crippen LogP contribution in [0.4, 0.5) is 0 Å². The molecule has 62 valence electrons. The topological polar surface area (TPSA) is 0 Å². The molecular weight excluding hydrogens is 132 g/mol. The SMILES string of the molecule is CC(C)=C1CC2C(C)CCC12. The van der Waals surface area contributed by atoms with E-state index in [1.807, 2.05) is 0 Å². The van der Waals surface area contributed by atoms with Crippen LogP contribution in [-0.4, -0.2) is 0 Å². The van der Waals surface area contributed by atoms with Gasteiger partial charge in [-0.15, -0.1) is 0 Å². The van der Waals surface area contributed by atoms with E-state index in [0.29, 0.717) is 0 Å². The van der Waals surface area contributed by atoms with Gasteiger partial charge in [-0.2, -0.15) is 0 Å². The third-order valence-electron chi connectivity index (χ3n) is 3.73. The molecule has 0 saturated heterocycles. The van der Waals surface area contributed by atoms with Crippen LogP contribution in [0.25, 0.3) is 0 Å². The van der Waals surface area contributed by atoms with E-state index in [0.717, 1.165) is 17.8 Å². The molecule has 2 aliphatic carbocycles. The van der Waals surface area contributed by atoms with Gasteiger partial charge in [-0.25, -0.2) is 0 Å². The Hall–Kier alpha value is -0.260. The maximum absolute atomic E-state index is 2.42. The first kappa shape index (κ1) is 7.39. The molecule has 2 rings (SSSR count). The first-order valence-electron chi connectivity index (χ1n) is 4.86. The van der Waals surface area contributed by atoms with Gasteiger partial charge in [0.2, 0.25) is 0 Å². The van der Waals surface area contributed by atoms with E-state index in [4.69, 9.17) is 0 Å². The Morgan fingerprint density at radius 1 is 1.27 bits per heavy atom. The smallest absolute Gasteiger partial charge is 0.0167 e. The van der Waals surface area contributed by atoms with Crippen molar-refractivity contribution >= 4 is 0 Å². The lowest BCUT2D eigenvalue weighted by Crippen LogP contribution is -2.27. The van der Waals surface area contributed by atoms with Gasteiger partial charge in [0, 0.05) is 0 Å². The van der Waals surface area contributed by atoms with Gasteiger partial charge in [-0.3, -0.25) is 0 Å². The van der Waals surface area contributed by atoms with Crippen molar-refractivity contribution in [2.24, 2.45) is 17.8 Å². The summed E-state index contributed by atoms with van der Waals surface area (Å²) in [5.41, 5.74) is 3.39. The van der Waals surface area contributed by atoms with Crippen LogP contribution in [-0.2, 0) is 0 Å². The van der Waals surface area contributed by atoms with Crippen LogP contribution in [0.3, 0.4) is 0 Å². The van der Waals surface area contributed by atoms with E-state index in [1.54, 1.807) is 11.1 Å². The monoisotopic (exact) mass is 150 g/mol. The summed E-state index contributed by atoms with van der Waals surface area (Å²) in [5, 5.41) is 0. The molecule has 0 aliphatic heterocycles. The second kappa shape index (κ2) is 2.36. The van der Waals surface area contributed by atoms with Crippen molar-refractivity contribution in [3.05, 3.63) is 11.1 Å². The zero-order chi connectivity index (χ0) is 8.01. The molecule has 0 N–H and O–H groups in total. The number of hydrogen-bond donors (Lipinski definition) is 0. The normalized spacial score (nSPS) is 41.7. The molecule has 0 heterocycles. The highest BCUT2D eigenvalue weighted by atomic mass is 14.5. The Morgan fingerprint density at radius 2 is 2.00 bits per heavy atom. The van der Waals surface area contributed by atoms with Crippen LogP contribution in [0.15, 0.2) is 11.1 Å². The summed E-state index contributed by atoms with van der Waals surface area (Å²) < 4.78 is 0. The van der Waals surface area contributed by atoms with E-state index >= 15 is 0 Å². The fourth-order valence-corrected chi connectivity index (χ4v) is 2.86. The predicted molar refractivity (Wildman–Crippen MR) is 48.4 cm³/mol. The highest BCUT2D eigenvalue weighted by Crippen LogP contribution is 2.54. The molecule has 0 amide bonds. The molecule has 0 aromatic heterocycles. The lowest BCUT2D eigenvalue weighted by atomic mass is 9.67. The summed E-state index contributed by atoms with van der Waals surface area (Å²) in [5.74, 6) is 3.10. The highest BCUT2D eigenvalue weighted by molar-refractivity contribution is 5.25. The maximum atomic E-state index is 2.42. The van der Waals surface area contributed by atoms with Crippen LogP contribution in [0.1, 0.15) is 40.0 Å². The molecule has 2 aliphatic rings. The van der Waals surface area contributed by atoms with E-state index in [-0.39, 0.29) is 0 Å². The second-order valence-corrected chi connectivity index (χ2v) is 4.55. The molecule has 3 unspecified atom stereocenters. The van der Waals surface area contributed by atoms with Crippen molar-refractivity contribution in [1.82, 2.24) is 0 Å². The van der Waals surface area contributed by atoms with Crippen LogP contribution in [0.2, 0.25) is 0 Å². The zero-order valence-electron chi connectivity index (χ0n) is 7.85. The molecule has 2 fully saturated rings. The molecule has 0 radical (unpaired) electrons. The zero-order valence-corrected chi connectivity index (χ0v) is 7.85. The van der Waals surface area contributed by atoms with Crippen LogP contribution < -0.4 is 0 Å². The van der Waals surface area contributed by atoms with Crippen LogP contribution in [0.5, 0.6) is 0 Å². The largest absolute Gasteiger partial charge is 0.0769 e. The van der Waals surface area contributed by atoms with Crippen molar-refractivity contribution in [3.8, 4) is 0 Å². The Kier molecular flexibility index (Phi) is 1.59. The maximum Gasteiger partial charge on any atom is -0.0167 e. The quantitative estimate of drug-likeness (QED) is 0.464. The molecule has 0 heteroatoms. The molecule has 11 heavy (non-hydrogen) atoms. The van der Waals surface area contributed by atoms with Crippen LogP contribution >= 0.6 is 0 Å². The Labute approximate surface area is 69.7 Å². The Bertz CT molecular complexity index is 196. The minimum atomic E-state index is 1.01. The molecule has 0 bridgehead atoms. The molecule has 0 aromatic carbocycles. The summed E-state index contributed by atoms with van der Waals surface area (Å²) in [6.07, 6.45) is 4.38. The van der Waals surface area contributed by atoms with Crippen molar-refractivity contribution in [1.29, 1.82) is 0 Å². The summed E-state index contributed by atoms with van der Waals surface area (Å²) in [6, 6.07) is 0. The van der Waals surface area contributed by atoms with Crippen molar-refractivity contribution < 1.29 is 0 Å². The van der Waals surface area contributed by atoms with E-state index < -0.39 is 0 Å². The summed E-state index contributed by atoms with van der Waals surface area (Å²) in [7, 11) is 0. The van der Waals surface area contributed by atoms with E-state index in [1.165, 1.54) is 19.3 Å². The molecular formula is C11H18. The number of allylic oxidation sites excluding steroid dienone is 2. The molecule has 0 spiro atoms. The number of rotatable bonds is 0. The average molecular weight is 150 g/mol. The molecule has 0 aromatic rings. The summed E-state index contributed by atoms with van der Waals surface area (Å²) >= 11 is 0. The van der Waals surface area contributed by atoms with E-state index in [9.17, 15) is 0 Å². The van der Waals surface area contributed by atoms with Crippen molar-refractivity contribution in [3.63, 3.8) is 0 Å². The third-order valence-corrected chi connectivity index (χ3v) is 3.73. The fourth-order valence-electron chi connectivity index (χ4n) is 2.86. The third kappa shape index (κ3) is 0.953. The fraction of sp³-hybridized carbons (Fsp3) is 0.818. The van der Waals surface area contributed by atoms with Gasteiger partial charge in [0.25, 0.3) is 0 Å². The molecule has 0 nitrogen and oxygen atoms in total. The standard InChI is InChI=1S/C11H18/c1-7(2)10-6-11-8(3)4-5-9(10)11/h8-9,11H,4-6H2,1-3H3. The summed E-state index contributed by atoms with van der Waals surface area (Å²) in [6.45, 7) is 6.97. The van der Waals surface area contributed by atoms with Gasteiger partial charge in [0.15, 0.2) is 0 Å². The van der Waals surface area contributed by atoms with Gasteiger partial charge in [0.1, 0.15) is 0 Å². The number of hydrogen-bond acceptors (Lipinski definition) is 0. The Morgan fingerprint density at radius 3 is 2.55 bits per heavy atom. The second-order valence-electron chi connectivity index (χ2n) is 4.55. The Balaban J connectivity index is 2.13. The minimum absolute atomic E-state index is 1.01. The lowest BCUT2D eigenvalue weighted by Gasteiger charge is -2.38. The van der Waals surface area contributed by atoms with Gasteiger partial charge < -0.3 is 0 Å². The van der Waals surface area contributed by atoms with Crippen LogP contribution in [0, 0.1) is 17.8 Å². The first-order valence-corrected chi connectivity index (χ1v) is 4.86. The van der Waals surface area contributed by atoms with Crippen molar-refractivity contribution in [2.75, 3.05) is 0 Å². The lowest BCUT2D eigenvalue weighted by molar-refractivity contribution is 0.266. The van der Waals surface area contributed by atoms with Gasteiger partial charge >= 0.3 is 0 Å². The average Bonchev–Trinajstić information content (AvgIpc) is 2.06. The predicted octanol–water partition coefficient (Wildman–Crippen LogP) is 3.39. The number of fused-ring (bicyclic) bond motifs is 1. The summed E-state index contributed by atoms with van der Waals surface area (Å²) in [4.78, 5) is 0. The molecule has 2 saturated carbocycles. The van der Waals surface area contributed by atoms with E-state index in [2.05, 4.69) is 20.8 Å². The van der Waals surface area contributed by atoms with Crippen molar-refractivity contribution in [2.45, 2.75) is 40.0 Å². The first-order chi connectivity index (χ1) is 5.20. The van der Waals surface area contributed by atoms with Gasteiger partial charge in [0.05, 0.1) is 0 Å². The van der Waals surface area contributed by atoms with Gasteiger partial charge in [-0.1, -0.05) is 18.1 Å². The highest BCUT2D eigenvalue weighted by Gasteiger charge is 2.43.